The van der Waals surface area contributed by atoms with Gasteiger partial charge in [0.25, 0.3) is 5.56 Å². The molecule has 29 heavy (non-hydrogen) atoms. The van der Waals surface area contributed by atoms with Crippen LogP contribution in [0.25, 0.3) is 10.1 Å². The molecule has 3 rings (SSSR count). The predicted molar refractivity (Wildman–Crippen MR) is 109 cm³/mol. The highest BCUT2D eigenvalue weighted by Gasteiger charge is 2.24. The first kappa shape index (κ1) is 20.7. The minimum atomic E-state index is -0.572. The van der Waals surface area contributed by atoms with Gasteiger partial charge in [0.05, 0.1) is 18.8 Å². The van der Waals surface area contributed by atoms with Gasteiger partial charge >= 0.3 is 5.97 Å². The van der Waals surface area contributed by atoms with Crippen LogP contribution in [-0.2, 0) is 24.1 Å². The van der Waals surface area contributed by atoms with Crippen molar-refractivity contribution in [3.05, 3.63) is 61.6 Å². The quantitative estimate of drug-likeness (QED) is 0.574. The molecular formula is C21H20FN3O3S. The first-order chi connectivity index (χ1) is 14.0. The van der Waals surface area contributed by atoms with E-state index in [1.165, 1.54) is 6.07 Å². The molecule has 0 aliphatic heterocycles. The van der Waals surface area contributed by atoms with Crippen LogP contribution in [0.4, 0.5) is 4.39 Å². The van der Waals surface area contributed by atoms with Crippen LogP contribution in [0.5, 0.6) is 0 Å². The smallest absolute Gasteiger partial charge is 0.348 e. The van der Waals surface area contributed by atoms with Gasteiger partial charge in [0.15, 0.2) is 0 Å². The van der Waals surface area contributed by atoms with Gasteiger partial charge in [0, 0.05) is 15.6 Å². The molecule has 0 aliphatic carbocycles. The summed E-state index contributed by atoms with van der Waals surface area (Å²) >= 11 is 1.12. The van der Waals surface area contributed by atoms with Crippen molar-refractivity contribution in [2.24, 2.45) is 0 Å². The summed E-state index contributed by atoms with van der Waals surface area (Å²) in [6, 6.07) is 6.56. The number of aromatic nitrogens is 2. The van der Waals surface area contributed by atoms with Gasteiger partial charge in [-0.15, -0.1) is 11.3 Å². The summed E-state index contributed by atoms with van der Waals surface area (Å²) in [7, 11) is 0. The number of carbonyl (C=O) groups is 1. The molecule has 0 amide bonds. The predicted octanol–water partition coefficient (Wildman–Crippen LogP) is 3.82. The number of thiophene rings is 1. The molecule has 3 aromatic rings. The molecular weight excluding hydrogens is 393 g/mol. The summed E-state index contributed by atoms with van der Waals surface area (Å²) < 4.78 is 21.5. The van der Waals surface area contributed by atoms with Crippen molar-refractivity contribution < 1.29 is 13.9 Å². The van der Waals surface area contributed by atoms with Crippen LogP contribution in [-0.4, -0.2) is 22.4 Å². The average Bonchev–Trinajstić information content (AvgIpc) is 3.09. The lowest BCUT2D eigenvalue weighted by atomic mass is 10.0. The molecule has 1 aromatic carbocycles. The molecule has 0 radical (unpaired) electrons. The van der Waals surface area contributed by atoms with Crippen molar-refractivity contribution in [1.29, 1.82) is 5.26 Å². The number of hydrogen-bond acceptors (Lipinski definition) is 6. The van der Waals surface area contributed by atoms with E-state index in [9.17, 15) is 19.2 Å². The van der Waals surface area contributed by atoms with E-state index in [-0.39, 0.29) is 29.0 Å². The van der Waals surface area contributed by atoms with Crippen molar-refractivity contribution in [3.8, 4) is 6.07 Å². The van der Waals surface area contributed by atoms with Crippen molar-refractivity contribution in [2.45, 2.75) is 40.2 Å². The lowest BCUT2D eigenvalue weighted by molar-refractivity contribution is 0.0531. The number of fused-ring (bicyclic) bond motifs is 1. The number of halogens is 1. The molecule has 0 atom stereocenters. The Kier molecular flexibility index (Phi) is 6.09. The van der Waals surface area contributed by atoms with Crippen LogP contribution >= 0.6 is 11.3 Å². The number of nitriles is 1. The number of esters is 1. The Labute approximate surface area is 171 Å². The third-order valence-electron chi connectivity index (χ3n) is 4.67. The van der Waals surface area contributed by atoms with Crippen LogP contribution in [0.15, 0.2) is 23.0 Å². The van der Waals surface area contributed by atoms with E-state index in [0.717, 1.165) is 16.0 Å². The van der Waals surface area contributed by atoms with Gasteiger partial charge < -0.3 is 4.74 Å². The largest absolute Gasteiger partial charge is 0.462 e. The lowest BCUT2D eigenvalue weighted by Crippen LogP contribution is -2.29. The Morgan fingerprint density at radius 1 is 1.28 bits per heavy atom. The molecule has 0 N–H and O–H groups in total. The monoisotopic (exact) mass is 413 g/mol. The van der Waals surface area contributed by atoms with Crippen LogP contribution in [0.3, 0.4) is 0 Å². The Balaban J connectivity index is 2.26. The number of benzene rings is 1. The number of nitrogens with zero attached hydrogens (tertiary/aromatic N) is 3. The second kappa shape index (κ2) is 8.53. The lowest BCUT2D eigenvalue weighted by Gasteiger charge is -2.12. The van der Waals surface area contributed by atoms with E-state index in [4.69, 9.17) is 4.74 Å². The average molecular weight is 413 g/mol. The molecule has 0 unspecified atom stereocenters. The SMILES string of the molecule is CCOC(=O)c1sc2cccc(F)c2c1Cn1nc(CC)c(CC)c(C#N)c1=O. The van der Waals surface area contributed by atoms with E-state index in [1.54, 1.807) is 19.1 Å². The third-order valence-corrected chi connectivity index (χ3v) is 5.85. The first-order valence-electron chi connectivity index (χ1n) is 9.36. The van der Waals surface area contributed by atoms with Gasteiger partial charge in [0.2, 0.25) is 0 Å². The molecule has 2 heterocycles. The summed E-state index contributed by atoms with van der Waals surface area (Å²) in [6.07, 6.45) is 1.06. The second-order valence-corrected chi connectivity index (χ2v) is 7.38. The summed E-state index contributed by atoms with van der Waals surface area (Å²) in [4.78, 5) is 25.6. The number of carbonyl (C=O) groups excluding carboxylic acids is 1. The van der Waals surface area contributed by atoms with Crippen molar-refractivity contribution >= 4 is 27.4 Å². The Hall–Kier alpha value is -3.05. The standard InChI is InChI=1S/C21H20FN3O3S/c1-4-12-13(10-23)20(26)25(24-16(12)5-2)11-14-18-15(22)8-7-9-17(18)29-19(14)21(27)28-6-3/h7-9H,4-6,11H2,1-3H3. The highest BCUT2D eigenvalue weighted by molar-refractivity contribution is 7.21. The minimum Gasteiger partial charge on any atom is -0.462 e. The van der Waals surface area contributed by atoms with Crippen LogP contribution in [0.2, 0.25) is 0 Å². The van der Waals surface area contributed by atoms with E-state index >= 15 is 0 Å². The molecule has 0 bridgehead atoms. The van der Waals surface area contributed by atoms with Crippen LogP contribution < -0.4 is 5.56 Å². The first-order valence-corrected chi connectivity index (χ1v) is 10.2. The van der Waals surface area contributed by atoms with Crippen molar-refractivity contribution in [2.75, 3.05) is 6.61 Å². The van der Waals surface area contributed by atoms with Crippen molar-refractivity contribution in [3.63, 3.8) is 0 Å². The van der Waals surface area contributed by atoms with Gasteiger partial charge in [-0.1, -0.05) is 19.9 Å². The number of aryl methyl sites for hydroxylation is 1. The van der Waals surface area contributed by atoms with Crippen molar-refractivity contribution in [1.82, 2.24) is 9.78 Å². The third kappa shape index (κ3) is 3.66. The van der Waals surface area contributed by atoms with Gasteiger partial charge in [-0.2, -0.15) is 10.4 Å². The zero-order valence-corrected chi connectivity index (χ0v) is 17.2. The maximum atomic E-state index is 14.6. The number of hydrogen-bond donors (Lipinski definition) is 0. The fourth-order valence-electron chi connectivity index (χ4n) is 3.37. The highest BCUT2D eigenvalue weighted by Crippen LogP contribution is 2.34. The summed E-state index contributed by atoms with van der Waals surface area (Å²) in [5, 5.41) is 14.2. The molecule has 150 valence electrons. The molecule has 0 spiro atoms. The van der Waals surface area contributed by atoms with E-state index < -0.39 is 17.3 Å². The van der Waals surface area contributed by atoms with E-state index in [1.807, 2.05) is 19.9 Å². The minimum absolute atomic E-state index is 0.0389. The molecule has 0 fully saturated rings. The Morgan fingerprint density at radius 3 is 2.66 bits per heavy atom. The molecule has 2 aromatic heterocycles. The zero-order valence-electron chi connectivity index (χ0n) is 16.4. The topological polar surface area (TPSA) is 85.0 Å². The zero-order chi connectivity index (χ0) is 21.1. The summed E-state index contributed by atoms with van der Waals surface area (Å²) in [6.45, 7) is 5.49. The molecule has 0 saturated carbocycles. The maximum Gasteiger partial charge on any atom is 0.348 e. The molecule has 8 heteroatoms. The molecule has 6 nitrogen and oxygen atoms in total. The van der Waals surface area contributed by atoms with Crippen LogP contribution in [0, 0.1) is 17.1 Å². The van der Waals surface area contributed by atoms with Gasteiger partial charge in [0.1, 0.15) is 22.3 Å². The number of ether oxygens (including phenoxy) is 1. The number of rotatable bonds is 6. The van der Waals surface area contributed by atoms with Gasteiger partial charge in [-0.25, -0.2) is 13.9 Å². The summed E-state index contributed by atoms with van der Waals surface area (Å²) in [5.41, 5.74) is 1.10. The van der Waals surface area contributed by atoms with Crippen LogP contribution in [0.1, 0.15) is 52.8 Å². The second-order valence-electron chi connectivity index (χ2n) is 6.33. The normalized spacial score (nSPS) is 10.9. The summed E-state index contributed by atoms with van der Waals surface area (Å²) in [5.74, 6) is -1.06. The highest BCUT2D eigenvalue weighted by atomic mass is 32.1. The van der Waals surface area contributed by atoms with E-state index in [0.29, 0.717) is 34.4 Å². The Morgan fingerprint density at radius 2 is 2.03 bits per heavy atom. The fourth-order valence-corrected chi connectivity index (χ4v) is 4.49. The molecule has 0 aliphatic rings. The van der Waals surface area contributed by atoms with Gasteiger partial charge in [-0.3, -0.25) is 4.79 Å². The Bertz CT molecular complexity index is 1190. The van der Waals surface area contributed by atoms with Gasteiger partial charge in [-0.05, 0) is 37.5 Å². The maximum absolute atomic E-state index is 14.6. The fraction of sp³-hybridized carbons (Fsp3) is 0.333. The molecule has 0 saturated heterocycles. The van der Waals surface area contributed by atoms with E-state index in [2.05, 4.69) is 5.10 Å².